The van der Waals surface area contributed by atoms with Gasteiger partial charge in [0.05, 0.1) is 10.4 Å². The molecule has 6 heteroatoms. The number of hydrogen-bond acceptors (Lipinski definition) is 4. The first kappa shape index (κ1) is 14.6. The first-order chi connectivity index (χ1) is 11.0. The normalized spacial score (nSPS) is 10.7. The lowest BCUT2D eigenvalue weighted by Crippen LogP contribution is -2.11. The van der Waals surface area contributed by atoms with Crippen LogP contribution in [0.2, 0.25) is 0 Å². The summed E-state index contributed by atoms with van der Waals surface area (Å²) in [5, 5.41) is 11.7. The molecule has 23 heavy (non-hydrogen) atoms. The van der Waals surface area contributed by atoms with Crippen LogP contribution < -0.4 is 0 Å². The Balaban J connectivity index is 2.16. The number of aromatic nitrogens is 1. The second kappa shape index (κ2) is 5.49. The van der Waals surface area contributed by atoms with Crippen molar-refractivity contribution in [1.82, 2.24) is 4.57 Å². The van der Waals surface area contributed by atoms with Crippen LogP contribution in [0, 0.1) is 17.0 Å². The Kier molecular flexibility index (Phi) is 3.50. The second-order valence-electron chi connectivity index (χ2n) is 5.15. The van der Waals surface area contributed by atoms with Crippen molar-refractivity contribution in [2.75, 3.05) is 0 Å². The molecule has 0 aliphatic carbocycles. The minimum atomic E-state index is -0.517. The predicted octanol–water partition coefficient (Wildman–Crippen LogP) is 3.36. The first-order valence-electron chi connectivity index (χ1n) is 6.88. The van der Waals surface area contributed by atoms with Crippen molar-refractivity contribution in [3.05, 3.63) is 75.5 Å². The van der Waals surface area contributed by atoms with Gasteiger partial charge in [-0.15, -0.1) is 0 Å². The van der Waals surface area contributed by atoms with E-state index >= 15 is 0 Å². The van der Waals surface area contributed by atoms with Gasteiger partial charge in [-0.25, -0.2) is 0 Å². The van der Waals surface area contributed by atoms with Gasteiger partial charge in [-0.2, -0.15) is 0 Å². The zero-order chi connectivity index (χ0) is 16.6. The fourth-order valence-electron chi connectivity index (χ4n) is 2.55. The lowest BCUT2D eigenvalue weighted by atomic mass is 10.1. The maximum atomic E-state index is 12.7. The average Bonchev–Trinajstić information content (AvgIpc) is 2.93. The molecule has 6 nitrogen and oxygen atoms in total. The molecule has 0 N–H and O–H groups in total. The Labute approximate surface area is 131 Å². The van der Waals surface area contributed by atoms with Gasteiger partial charge in [0.15, 0.2) is 6.29 Å². The minimum Gasteiger partial charge on any atom is -0.298 e. The van der Waals surface area contributed by atoms with Crippen molar-refractivity contribution in [2.45, 2.75) is 6.92 Å². The summed E-state index contributed by atoms with van der Waals surface area (Å²) in [4.78, 5) is 34.4. The van der Waals surface area contributed by atoms with Gasteiger partial charge in [0.2, 0.25) is 0 Å². The highest BCUT2D eigenvalue weighted by Gasteiger charge is 2.18. The molecule has 3 aromatic rings. The molecule has 114 valence electrons. The van der Waals surface area contributed by atoms with Gasteiger partial charge in [0.1, 0.15) is 0 Å². The van der Waals surface area contributed by atoms with E-state index in [2.05, 4.69) is 0 Å². The monoisotopic (exact) mass is 308 g/mol. The van der Waals surface area contributed by atoms with Gasteiger partial charge in [-0.1, -0.05) is 24.3 Å². The van der Waals surface area contributed by atoms with Crippen LogP contribution in [0.15, 0.2) is 48.7 Å². The molecule has 3 rings (SSSR count). The average molecular weight is 308 g/mol. The maximum absolute atomic E-state index is 12.7. The molecule has 0 amide bonds. The van der Waals surface area contributed by atoms with Gasteiger partial charge in [0, 0.05) is 34.3 Å². The van der Waals surface area contributed by atoms with Crippen LogP contribution in [0.25, 0.3) is 10.9 Å². The number of aryl methyl sites for hydroxylation is 1. The molecule has 0 spiro atoms. The fraction of sp³-hybridized carbons (Fsp3) is 0.0588. The lowest BCUT2D eigenvalue weighted by Gasteiger charge is -2.05. The smallest absolute Gasteiger partial charge is 0.273 e. The number of para-hydroxylation sites is 1. The Morgan fingerprint density at radius 3 is 2.65 bits per heavy atom. The van der Waals surface area contributed by atoms with Crippen molar-refractivity contribution in [3.63, 3.8) is 0 Å². The Bertz CT molecular complexity index is 956. The Hall–Kier alpha value is -3.28. The number of nitrogens with zero attached hydrogens (tertiary/aromatic N) is 2. The number of carbonyl (C=O) groups excluding carboxylic acids is 2. The van der Waals surface area contributed by atoms with Crippen LogP contribution in [-0.4, -0.2) is 21.7 Å². The summed E-state index contributed by atoms with van der Waals surface area (Å²) in [7, 11) is 0. The number of carbonyl (C=O) groups is 2. The van der Waals surface area contributed by atoms with Crippen LogP contribution in [0.4, 0.5) is 5.69 Å². The van der Waals surface area contributed by atoms with E-state index in [0.29, 0.717) is 28.3 Å². The summed E-state index contributed by atoms with van der Waals surface area (Å²) < 4.78 is 1.34. The molecule has 0 atom stereocenters. The molecule has 2 aromatic carbocycles. The van der Waals surface area contributed by atoms with E-state index in [9.17, 15) is 19.7 Å². The molecule has 0 bridgehead atoms. The fourth-order valence-corrected chi connectivity index (χ4v) is 2.55. The molecule has 1 aromatic heterocycles. The van der Waals surface area contributed by atoms with E-state index in [4.69, 9.17) is 0 Å². The van der Waals surface area contributed by atoms with Crippen LogP contribution in [0.1, 0.15) is 26.3 Å². The Morgan fingerprint density at radius 2 is 1.96 bits per heavy atom. The van der Waals surface area contributed by atoms with Crippen LogP contribution in [0.5, 0.6) is 0 Å². The highest BCUT2D eigenvalue weighted by molar-refractivity contribution is 6.07. The maximum Gasteiger partial charge on any atom is 0.273 e. The molecule has 0 unspecified atom stereocenters. The minimum absolute atomic E-state index is 0.108. The number of benzene rings is 2. The van der Waals surface area contributed by atoms with Gasteiger partial charge >= 0.3 is 0 Å². The van der Waals surface area contributed by atoms with Crippen LogP contribution in [0.3, 0.4) is 0 Å². The summed E-state index contributed by atoms with van der Waals surface area (Å²) in [6.07, 6.45) is 2.13. The highest BCUT2D eigenvalue weighted by atomic mass is 16.6. The zero-order valence-electron chi connectivity index (χ0n) is 12.2. The summed E-state index contributed by atoms with van der Waals surface area (Å²) in [5.74, 6) is -0.419. The van der Waals surface area contributed by atoms with Crippen LogP contribution >= 0.6 is 0 Å². The third kappa shape index (κ3) is 2.40. The van der Waals surface area contributed by atoms with Crippen molar-refractivity contribution in [1.29, 1.82) is 0 Å². The molecule has 0 fully saturated rings. The van der Waals surface area contributed by atoms with Gasteiger partial charge < -0.3 is 0 Å². The molecule has 0 aliphatic heterocycles. The van der Waals surface area contributed by atoms with Crippen molar-refractivity contribution < 1.29 is 14.5 Å². The van der Waals surface area contributed by atoms with E-state index in [1.54, 1.807) is 37.3 Å². The predicted molar refractivity (Wildman–Crippen MR) is 84.9 cm³/mol. The van der Waals surface area contributed by atoms with E-state index in [-0.39, 0.29) is 11.3 Å². The number of hydrogen-bond donors (Lipinski definition) is 0. The lowest BCUT2D eigenvalue weighted by molar-refractivity contribution is -0.385. The summed E-state index contributed by atoms with van der Waals surface area (Å²) in [6.45, 7) is 1.61. The third-order valence-electron chi connectivity index (χ3n) is 3.74. The first-order valence-corrected chi connectivity index (χ1v) is 6.88. The molecule has 1 heterocycles. The van der Waals surface area contributed by atoms with E-state index in [0.717, 1.165) is 0 Å². The summed E-state index contributed by atoms with van der Waals surface area (Å²) in [6, 6.07) is 11.4. The standard InChI is InChI=1S/C17H12N2O4/c1-11-6-7-12(8-16(11)19(22)23)17(21)18-9-13(10-20)14-4-2-3-5-15(14)18/h2-10H,1H3. The quantitative estimate of drug-likeness (QED) is 0.422. The Morgan fingerprint density at radius 1 is 1.22 bits per heavy atom. The largest absolute Gasteiger partial charge is 0.298 e. The zero-order valence-corrected chi connectivity index (χ0v) is 12.2. The molecule has 0 saturated heterocycles. The number of nitro groups is 1. The van der Waals surface area contributed by atoms with Crippen molar-refractivity contribution in [2.24, 2.45) is 0 Å². The van der Waals surface area contributed by atoms with Gasteiger partial charge in [-0.3, -0.25) is 24.3 Å². The molecular weight excluding hydrogens is 296 g/mol. The second-order valence-corrected chi connectivity index (χ2v) is 5.15. The number of nitro benzene ring substituents is 1. The van der Waals surface area contributed by atoms with E-state index in [1.165, 1.54) is 22.9 Å². The van der Waals surface area contributed by atoms with Crippen molar-refractivity contribution in [3.8, 4) is 0 Å². The SMILES string of the molecule is Cc1ccc(C(=O)n2cc(C=O)c3ccccc32)cc1[N+](=O)[O-]. The molecular formula is C17H12N2O4. The number of rotatable bonds is 3. The summed E-state index contributed by atoms with van der Waals surface area (Å²) >= 11 is 0. The van der Waals surface area contributed by atoms with Crippen molar-refractivity contribution >= 4 is 28.8 Å². The summed E-state index contributed by atoms with van der Waals surface area (Å²) in [5.41, 5.74) is 1.55. The number of fused-ring (bicyclic) bond motifs is 1. The van der Waals surface area contributed by atoms with E-state index < -0.39 is 10.8 Å². The highest BCUT2D eigenvalue weighted by Crippen LogP contribution is 2.24. The van der Waals surface area contributed by atoms with Crippen LogP contribution in [-0.2, 0) is 0 Å². The topological polar surface area (TPSA) is 82.2 Å². The molecule has 0 aliphatic rings. The van der Waals surface area contributed by atoms with Gasteiger partial charge in [0.25, 0.3) is 11.6 Å². The van der Waals surface area contributed by atoms with Gasteiger partial charge in [-0.05, 0) is 19.1 Å². The molecule has 0 saturated carbocycles. The third-order valence-corrected chi connectivity index (χ3v) is 3.74. The number of aldehydes is 1. The molecule has 0 radical (unpaired) electrons. The van der Waals surface area contributed by atoms with E-state index in [1.807, 2.05) is 0 Å².